The zero-order chi connectivity index (χ0) is 15.7. The van der Waals surface area contributed by atoms with Crippen LogP contribution in [0.25, 0.3) is 0 Å². The highest BCUT2D eigenvalue weighted by atomic mass is 16.5. The zero-order valence-electron chi connectivity index (χ0n) is 12.7. The number of nitrogens with zero attached hydrogens (tertiary/aromatic N) is 1. The van der Waals surface area contributed by atoms with Crippen LogP contribution in [0.5, 0.6) is 5.75 Å². The van der Waals surface area contributed by atoms with Crippen molar-refractivity contribution >= 4 is 11.6 Å². The number of amides is 1. The zero-order valence-corrected chi connectivity index (χ0v) is 12.7. The Labute approximate surface area is 130 Å². The summed E-state index contributed by atoms with van der Waals surface area (Å²) in [5, 5.41) is 10.2. The first-order chi connectivity index (χ1) is 10.6. The van der Waals surface area contributed by atoms with Crippen LogP contribution in [-0.4, -0.2) is 24.2 Å². The molecule has 22 heavy (non-hydrogen) atoms. The Morgan fingerprint density at radius 1 is 1.23 bits per heavy atom. The van der Waals surface area contributed by atoms with E-state index in [1.54, 1.807) is 30.2 Å². The van der Waals surface area contributed by atoms with Crippen LogP contribution in [-0.2, 0) is 0 Å². The summed E-state index contributed by atoms with van der Waals surface area (Å²) in [5.41, 5.74) is 2.16. The molecule has 0 aliphatic carbocycles. The van der Waals surface area contributed by atoms with Crippen LogP contribution in [0.3, 0.4) is 0 Å². The van der Waals surface area contributed by atoms with Crippen LogP contribution < -0.4 is 9.64 Å². The van der Waals surface area contributed by atoms with E-state index < -0.39 is 6.10 Å². The van der Waals surface area contributed by atoms with Gasteiger partial charge < -0.3 is 14.7 Å². The summed E-state index contributed by atoms with van der Waals surface area (Å²) in [7, 11) is 1.58. The lowest BCUT2D eigenvalue weighted by Gasteiger charge is -2.37. The molecular weight excluding hydrogens is 278 g/mol. The highest BCUT2D eigenvalue weighted by Crippen LogP contribution is 2.37. The first-order valence-electron chi connectivity index (χ1n) is 7.36. The number of anilines is 1. The number of fused-ring (bicyclic) bond motifs is 1. The van der Waals surface area contributed by atoms with Crippen LogP contribution in [0, 0.1) is 0 Å². The fraction of sp³-hybridized carbons (Fsp3) is 0.278. The Kier molecular flexibility index (Phi) is 3.86. The molecule has 4 heteroatoms. The van der Waals surface area contributed by atoms with Crippen molar-refractivity contribution in [1.82, 2.24) is 0 Å². The molecule has 0 radical (unpaired) electrons. The number of aliphatic hydroxyl groups excluding tert-OH is 1. The molecule has 1 N–H and O–H groups in total. The lowest BCUT2D eigenvalue weighted by atomic mass is 9.93. The molecule has 2 atom stereocenters. The molecule has 0 aromatic heterocycles. The van der Waals surface area contributed by atoms with Crippen molar-refractivity contribution in [3.05, 3.63) is 59.7 Å². The van der Waals surface area contributed by atoms with Crippen LogP contribution >= 0.6 is 0 Å². The number of hydrogen-bond donors (Lipinski definition) is 1. The van der Waals surface area contributed by atoms with Crippen LogP contribution in [0.15, 0.2) is 48.5 Å². The monoisotopic (exact) mass is 297 g/mol. The molecule has 4 nitrogen and oxygen atoms in total. The molecule has 2 aromatic rings. The Balaban J connectivity index is 2.03. The van der Waals surface area contributed by atoms with Gasteiger partial charge in [0, 0.05) is 17.2 Å². The van der Waals surface area contributed by atoms with E-state index in [1.165, 1.54) is 0 Å². The number of hydrogen-bond acceptors (Lipinski definition) is 3. The SMILES string of the molecule is COc1cccc(C(=O)N2c3ccccc3C(O)CC2C)c1. The summed E-state index contributed by atoms with van der Waals surface area (Å²) in [6, 6.07) is 14.6. The van der Waals surface area contributed by atoms with Crippen LogP contribution in [0.1, 0.15) is 35.4 Å². The average Bonchev–Trinajstić information content (AvgIpc) is 2.55. The van der Waals surface area contributed by atoms with Gasteiger partial charge in [0.25, 0.3) is 5.91 Å². The highest BCUT2D eigenvalue weighted by Gasteiger charge is 2.33. The summed E-state index contributed by atoms with van der Waals surface area (Å²) < 4.78 is 5.19. The van der Waals surface area contributed by atoms with Crippen molar-refractivity contribution < 1.29 is 14.6 Å². The van der Waals surface area contributed by atoms with Crippen molar-refractivity contribution in [2.24, 2.45) is 0 Å². The van der Waals surface area contributed by atoms with E-state index in [2.05, 4.69) is 0 Å². The molecule has 1 aliphatic rings. The molecule has 0 saturated carbocycles. The van der Waals surface area contributed by atoms with Gasteiger partial charge in [0.15, 0.2) is 0 Å². The first-order valence-corrected chi connectivity index (χ1v) is 7.36. The van der Waals surface area contributed by atoms with E-state index in [-0.39, 0.29) is 11.9 Å². The Morgan fingerprint density at radius 3 is 2.77 bits per heavy atom. The molecule has 114 valence electrons. The quantitative estimate of drug-likeness (QED) is 0.926. The van der Waals surface area contributed by atoms with Gasteiger partial charge in [0.05, 0.1) is 18.9 Å². The molecule has 2 unspecified atom stereocenters. The first kappa shape index (κ1) is 14.6. The number of benzene rings is 2. The van der Waals surface area contributed by atoms with E-state index >= 15 is 0 Å². The fourth-order valence-electron chi connectivity index (χ4n) is 2.99. The normalized spacial score (nSPS) is 20.4. The molecule has 0 saturated heterocycles. The largest absolute Gasteiger partial charge is 0.497 e. The smallest absolute Gasteiger partial charge is 0.258 e. The third-order valence-corrected chi connectivity index (χ3v) is 4.10. The molecule has 1 heterocycles. The summed E-state index contributed by atoms with van der Waals surface area (Å²) in [6.07, 6.45) is 0.00719. The van der Waals surface area contributed by atoms with E-state index in [0.29, 0.717) is 17.7 Å². The van der Waals surface area contributed by atoms with Crippen LogP contribution in [0.4, 0.5) is 5.69 Å². The molecule has 0 fully saturated rings. The van der Waals surface area contributed by atoms with Crippen molar-refractivity contribution in [1.29, 1.82) is 0 Å². The topological polar surface area (TPSA) is 49.8 Å². The predicted octanol–water partition coefficient (Wildman–Crippen LogP) is 3.17. The molecule has 3 rings (SSSR count). The number of para-hydroxylation sites is 1. The van der Waals surface area contributed by atoms with E-state index in [4.69, 9.17) is 4.74 Å². The number of rotatable bonds is 2. The van der Waals surface area contributed by atoms with Crippen molar-refractivity contribution in [3.8, 4) is 5.75 Å². The minimum Gasteiger partial charge on any atom is -0.497 e. The van der Waals surface area contributed by atoms with Crippen LogP contribution in [0.2, 0.25) is 0 Å². The minimum atomic E-state index is -0.527. The maximum atomic E-state index is 12.9. The Hall–Kier alpha value is -2.33. The van der Waals surface area contributed by atoms with Gasteiger partial charge in [-0.1, -0.05) is 24.3 Å². The maximum absolute atomic E-state index is 12.9. The van der Waals surface area contributed by atoms with Crippen molar-refractivity contribution in [2.75, 3.05) is 12.0 Å². The summed E-state index contributed by atoms with van der Waals surface area (Å²) >= 11 is 0. The Morgan fingerprint density at radius 2 is 2.00 bits per heavy atom. The average molecular weight is 297 g/mol. The van der Waals surface area contributed by atoms with Crippen molar-refractivity contribution in [2.45, 2.75) is 25.5 Å². The van der Waals surface area contributed by atoms with Gasteiger partial charge >= 0.3 is 0 Å². The summed E-state index contributed by atoms with van der Waals surface area (Å²) in [4.78, 5) is 14.7. The van der Waals surface area contributed by atoms with Crippen molar-refractivity contribution in [3.63, 3.8) is 0 Å². The maximum Gasteiger partial charge on any atom is 0.258 e. The molecule has 2 aromatic carbocycles. The predicted molar refractivity (Wildman–Crippen MR) is 85.3 cm³/mol. The van der Waals surface area contributed by atoms with E-state index in [0.717, 1.165) is 11.3 Å². The standard InChI is InChI=1S/C18H19NO3/c1-12-10-17(20)15-8-3-4-9-16(15)19(12)18(21)13-6-5-7-14(11-13)22-2/h3-9,11-12,17,20H,10H2,1-2H3. The Bertz CT molecular complexity index is 698. The van der Waals surface area contributed by atoms with Gasteiger partial charge in [0.2, 0.25) is 0 Å². The molecule has 1 aliphatic heterocycles. The number of carbonyl (C=O) groups is 1. The summed E-state index contributed by atoms with van der Waals surface area (Å²) in [6.45, 7) is 1.96. The second-order valence-corrected chi connectivity index (χ2v) is 5.57. The molecule has 0 bridgehead atoms. The second-order valence-electron chi connectivity index (χ2n) is 5.57. The van der Waals surface area contributed by atoms with Gasteiger partial charge in [-0.15, -0.1) is 0 Å². The number of ether oxygens (including phenoxy) is 1. The van der Waals surface area contributed by atoms with E-state index in [9.17, 15) is 9.90 Å². The third kappa shape index (κ3) is 2.46. The van der Waals surface area contributed by atoms with Gasteiger partial charge in [-0.3, -0.25) is 4.79 Å². The molecular formula is C18H19NO3. The third-order valence-electron chi connectivity index (χ3n) is 4.10. The summed E-state index contributed by atoms with van der Waals surface area (Å²) in [5.74, 6) is 0.578. The van der Waals surface area contributed by atoms with Gasteiger partial charge in [-0.25, -0.2) is 0 Å². The minimum absolute atomic E-state index is 0.0661. The highest BCUT2D eigenvalue weighted by molar-refractivity contribution is 6.07. The van der Waals surface area contributed by atoms with Gasteiger partial charge in [0.1, 0.15) is 5.75 Å². The van der Waals surface area contributed by atoms with E-state index in [1.807, 2.05) is 37.3 Å². The second kappa shape index (κ2) is 5.81. The molecule has 1 amide bonds. The van der Waals surface area contributed by atoms with Gasteiger partial charge in [-0.05, 0) is 37.6 Å². The lowest BCUT2D eigenvalue weighted by molar-refractivity contribution is 0.0949. The number of methoxy groups -OCH3 is 1. The number of carbonyl (C=O) groups excluding carboxylic acids is 1. The number of aliphatic hydroxyl groups is 1. The molecule has 0 spiro atoms. The van der Waals surface area contributed by atoms with Gasteiger partial charge in [-0.2, -0.15) is 0 Å². The lowest BCUT2D eigenvalue weighted by Crippen LogP contribution is -2.43. The fourth-order valence-corrected chi connectivity index (χ4v) is 2.99.